The van der Waals surface area contributed by atoms with Crippen LogP contribution in [0.15, 0.2) is 24.3 Å². The second-order valence-corrected chi connectivity index (χ2v) is 6.19. The summed E-state index contributed by atoms with van der Waals surface area (Å²) in [6, 6.07) is 8.03. The van der Waals surface area contributed by atoms with E-state index in [1.165, 1.54) is 5.56 Å². The quantitative estimate of drug-likeness (QED) is 0.870. The van der Waals surface area contributed by atoms with E-state index >= 15 is 0 Å². The van der Waals surface area contributed by atoms with Crippen molar-refractivity contribution in [3.8, 4) is 0 Å². The summed E-state index contributed by atoms with van der Waals surface area (Å²) < 4.78 is 0. The molecule has 122 valence electrons. The highest BCUT2D eigenvalue weighted by molar-refractivity contribution is 5.78. The molecule has 2 N–H and O–H groups in total. The summed E-state index contributed by atoms with van der Waals surface area (Å²) in [7, 11) is 0. The third kappa shape index (κ3) is 3.96. The summed E-state index contributed by atoms with van der Waals surface area (Å²) in [5.41, 5.74) is 2.16. The van der Waals surface area contributed by atoms with Gasteiger partial charge < -0.3 is 10.0 Å². The first-order chi connectivity index (χ1) is 11.1. The monoisotopic (exact) mass is 314 g/mol. The van der Waals surface area contributed by atoms with Crippen molar-refractivity contribution in [3.63, 3.8) is 0 Å². The van der Waals surface area contributed by atoms with E-state index in [1.54, 1.807) is 0 Å². The molecule has 23 heavy (non-hydrogen) atoms. The molecule has 2 aromatic rings. The SMILES string of the molecule is Cc1nc(CC(=O)N2CCC(Cc3cccc(CO)c3)C2)n[nH]1. The highest BCUT2D eigenvalue weighted by Gasteiger charge is 2.27. The number of nitrogens with zero attached hydrogens (tertiary/aromatic N) is 3. The molecular weight excluding hydrogens is 292 g/mol. The topological polar surface area (TPSA) is 82.1 Å². The van der Waals surface area contributed by atoms with Gasteiger partial charge in [0.05, 0.1) is 13.0 Å². The van der Waals surface area contributed by atoms with Gasteiger partial charge in [-0.25, -0.2) is 4.98 Å². The molecule has 6 nitrogen and oxygen atoms in total. The molecule has 0 bridgehead atoms. The van der Waals surface area contributed by atoms with Gasteiger partial charge in [0.15, 0.2) is 5.82 Å². The largest absolute Gasteiger partial charge is 0.392 e. The highest BCUT2D eigenvalue weighted by Crippen LogP contribution is 2.22. The van der Waals surface area contributed by atoms with E-state index in [0.29, 0.717) is 11.7 Å². The first kappa shape index (κ1) is 15.7. The van der Waals surface area contributed by atoms with Crippen LogP contribution >= 0.6 is 0 Å². The number of amides is 1. The van der Waals surface area contributed by atoms with Crippen LogP contribution in [0.4, 0.5) is 0 Å². The first-order valence-corrected chi connectivity index (χ1v) is 7.98. The minimum absolute atomic E-state index is 0.0686. The van der Waals surface area contributed by atoms with Crippen molar-refractivity contribution in [2.24, 2.45) is 5.92 Å². The third-order valence-corrected chi connectivity index (χ3v) is 4.29. The average molecular weight is 314 g/mol. The van der Waals surface area contributed by atoms with Crippen molar-refractivity contribution in [2.45, 2.75) is 32.8 Å². The number of rotatable bonds is 5. The number of aromatic amines is 1. The molecule has 1 aliphatic rings. The Kier molecular flexibility index (Phi) is 4.71. The zero-order valence-corrected chi connectivity index (χ0v) is 13.3. The molecule has 0 spiro atoms. The maximum Gasteiger partial charge on any atom is 0.230 e. The lowest BCUT2D eigenvalue weighted by Crippen LogP contribution is -2.30. The number of aryl methyl sites for hydroxylation is 1. The summed E-state index contributed by atoms with van der Waals surface area (Å²) in [6.07, 6.45) is 2.22. The number of likely N-dealkylation sites (tertiary alicyclic amines) is 1. The lowest BCUT2D eigenvalue weighted by atomic mass is 9.97. The van der Waals surface area contributed by atoms with Crippen LogP contribution in [0.3, 0.4) is 0 Å². The lowest BCUT2D eigenvalue weighted by molar-refractivity contribution is -0.129. The van der Waals surface area contributed by atoms with Crippen LogP contribution < -0.4 is 0 Å². The maximum absolute atomic E-state index is 12.3. The van der Waals surface area contributed by atoms with Gasteiger partial charge in [-0.15, -0.1) is 0 Å². The first-order valence-electron chi connectivity index (χ1n) is 7.98. The molecule has 2 heterocycles. The van der Waals surface area contributed by atoms with Gasteiger partial charge in [-0.05, 0) is 36.8 Å². The molecule has 1 unspecified atom stereocenters. The van der Waals surface area contributed by atoms with Crippen LogP contribution in [0, 0.1) is 12.8 Å². The van der Waals surface area contributed by atoms with Crippen molar-refractivity contribution in [3.05, 3.63) is 47.0 Å². The van der Waals surface area contributed by atoms with E-state index in [4.69, 9.17) is 0 Å². The van der Waals surface area contributed by atoms with Gasteiger partial charge >= 0.3 is 0 Å². The molecule has 1 atom stereocenters. The van der Waals surface area contributed by atoms with Gasteiger partial charge in [-0.3, -0.25) is 9.89 Å². The summed E-state index contributed by atoms with van der Waals surface area (Å²) in [6.45, 7) is 3.48. The number of carbonyl (C=O) groups is 1. The van der Waals surface area contributed by atoms with Gasteiger partial charge in [0.2, 0.25) is 5.91 Å². The van der Waals surface area contributed by atoms with Gasteiger partial charge in [-0.2, -0.15) is 5.10 Å². The standard InChI is InChI=1S/C17H22N4O2/c1-12-18-16(20-19-12)9-17(23)21-6-5-14(10-21)7-13-3-2-4-15(8-13)11-22/h2-4,8,14,22H,5-7,9-11H2,1H3,(H,18,19,20). The molecule has 3 rings (SSSR count). The average Bonchev–Trinajstić information content (AvgIpc) is 3.17. The Morgan fingerprint density at radius 2 is 2.26 bits per heavy atom. The number of hydrogen-bond acceptors (Lipinski definition) is 4. The fraction of sp³-hybridized carbons (Fsp3) is 0.471. The Bertz CT molecular complexity index is 683. The minimum Gasteiger partial charge on any atom is -0.392 e. The maximum atomic E-state index is 12.3. The van der Waals surface area contributed by atoms with Crippen molar-refractivity contribution in [1.82, 2.24) is 20.1 Å². The summed E-state index contributed by atoms with van der Waals surface area (Å²) in [5.74, 6) is 1.86. The predicted molar refractivity (Wildman–Crippen MR) is 85.6 cm³/mol. The Morgan fingerprint density at radius 1 is 1.43 bits per heavy atom. The molecule has 0 aliphatic carbocycles. The fourth-order valence-corrected chi connectivity index (χ4v) is 3.13. The minimum atomic E-state index is 0.0686. The van der Waals surface area contributed by atoms with Crippen molar-refractivity contribution in [2.75, 3.05) is 13.1 Å². The summed E-state index contributed by atoms with van der Waals surface area (Å²) >= 11 is 0. The predicted octanol–water partition coefficient (Wildman–Crippen LogP) is 1.24. The van der Waals surface area contributed by atoms with Crippen LogP contribution in [0.1, 0.15) is 29.2 Å². The smallest absolute Gasteiger partial charge is 0.230 e. The van der Waals surface area contributed by atoms with Crippen LogP contribution in [0.25, 0.3) is 0 Å². The Balaban J connectivity index is 1.54. The summed E-state index contributed by atoms with van der Waals surface area (Å²) in [4.78, 5) is 18.4. The molecule has 1 saturated heterocycles. The lowest BCUT2D eigenvalue weighted by Gasteiger charge is -2.16. The number of carbonyl (C=O) groups excluding carboxylic acids is 1. The van der Waals surface area contributed by atoms with E-state index < -0.39 is 0 Å². The van der Waals surface area contributed by atoms with Crippen LogP contribution in [0.5, 0.6) is 0 Å². The number of aromatic nitrogens is 3. The zero-order chi connectivity index (χ0) is 16.2. The molecule has 0 saturated carbocycles. The van der Waals surface area contributed by atoms with Crippen LogP contribution in [-0.2, 0) is 24.2 Å². The third-order valence-electron chi connectivity index (χ3n) is 4.29. The second kappa shape index (κ2) is 6.91. The second-order valence-electron chi connectivity index (χ2n) is 6.19. The van der Waals surface area contributed by atoms with E-state index in [-0.39, 0.29) is 18.9 Å². The fourth-order valence-electron chi connectivity index (χ4n) is 3.13. The molecule has 0 radical (unpaired) electrons. The molecule has 1 aromatic heterocycles. The molecule has 1 fully saturated rings. The Morgan fingerprint density at radius 3 is 3.00 bits per heavy atom. The van der Waals surface area contributed by atoms with Gasteiger partial charge in [0.1, 0.15) is 5.82 Å². The van der Waals surface area contributed by atoms with E-state index in [0.717, 1.165) is 37.3 Å². The van der Waals surface area contributed by atoms with Crippen molar-refractivity contribution < 1.29 is 9.90 Å². The van der Waals surface area contributed by atoms with Gasteiger partial charge in [-0.1, -0.05) is 24.3 Å². The number of aliphatic hydroxyl groups is 1. The van der Waals surface area contributed by atoms with Crippen molar-refractivity contribution in [1.29, 1.82) is 0 Å². The Hall–Kier alpha value is -2.21. The number of nitrogens with one attached hydrogen (secondary N) is 1. The van der Waals surface area contributed by atoms with E-state index in [2.05, 4.69) is 21.2 Å². The van der Waals surface area contributed by atoms with Crippen molar-refractivity contribution >= 4 is 5.91 Å². The molecule has 6 heteroatoms. The van der Waals surface area contributed by atoms with Gasteiger partial charge in [0.25, 0.3) is 0 Å². The van der Waals surface area contributed by atoms with E-state index in [1.807, 2.05) is 30.0 Å². The number of benzene rings is 1. The summed E-state index contributed by atoms with van der Waals surface area (Å²) in [5, 5.41) is 16.0. The molecule has 1 amide bonds. The van der Waals surface area contributed by atoms with Crippen LogP contribution in [0.2, 0.25) is 0 Å². The number of aliphatic hydroxyl groups excluding tert-OH is 1. The molecular formula is C17H22N4O2. The zero-order valence-electron chi connectivity index (χ0n) is 13.3. The van der Waals surface area contributed by atoms with E-state index in [9.17, 15) is 9.90 Å². The van der Waals surface area contributed by atoms with Crippen LogP contribution in [-0.4, -0.2) is 44.2 Å². The molecule has 1 aromatic carbocycles. The van der Waals surface area contributed by atoms with Gasteiger partial charge in [0, 0.05) is 13.1 Å². The normalized spacial score (nSPS) is 17.7. The highest BCUT2D eigenvalue weighted by atomic mass is 16.3. The Labute approximate surface area is 135 Å². The number of hydrogen-bond donors (Lipinski definition) is 2. The number of H-pyrrole nitrogens is 1. The molecule has 1 aliphatic heterocycles.